The van der Waals surface area contributed by atoms with Crippen molar-refractivity contribution in [1.29, 1.82) is 0 Å². The summed E-state index contributed by atoms with van der Waals surface area (Å²) >= 11 is 6.24. The first-order valence-corrected chi connectivity index (χ1v) is 15.6. The fraction of sp³-hybridized carbons (Fsp3) is 0.125. The van der Waals surface area contributed by atoms with Gasteiger partial charge in [0.2, 0.25) is 0 Å². The smallest absolute Gasteiger partial charge is 0.175 e. The van der Waals surface area contributed by atoms with E-state index in [1.54, 1.807) is 0 Å². The Balaban J connectivity index is 0.000000172. The predicted molar refractivity (Wildman–Crippen MR) is 184 cm³/mol. The molecule has 0 radical (unpaired) electrons. The second-order valence-electron chi connectivity index (χ2n) is 11.4. The molecule has 6 heteroatoms. The quantitative estimate of drug-likeness (QED) is 0.108. The molecule has 0 bridgehead atoms. The van der Waals surface area contributed by atoms with Gasteiger partial charge in [-0.2, -0.15) is 0 Å². The van der Waals surface area contributed by atoms with Crippen LogP contribution in [0.3, 0.4) is 0 Å². The number of Topliss-reactive ketones (excluding diaryl/α,β-unsaturated/α-hetero) is 1. The third kappa shape index (κ3) is 6.42. The van der Waals surface area contributed by atoms with E-state index in [4.69, 9.17) is 11.6 Å². The Bertz CT molecular complexity index is 1800. The average Bonchev–Trinajstić information content (AvgIpc) is 3.76. The third-order valence-electron chi connectivity index (χ3n) is 8.70. The first-order chi connectivity index (χ1) is 22.6. The van der Waals surface area contributed by atoms with E-state index in [2.05, 4.69) is 34.6 Å². The molecule has 2 aliphatic carbocycles. The standard InChI is InChI=1S/C23H20N2O2.C17H13ClO/c26-24-22(17-12-6-2-7-13-17)20-19(16-10-4-1-5-11-16)21(20)23(25-27)18-14-8-3-9-15-18;18-17-15(19)11-14(12-7-3-1-4-8-12)16(17)13-9-5-2-6-10-13/h1-15,19-21,26-27H;1-10,14H,11H2/b24-22+,25-23+;. The maximum Gasteiger partial charge on any atom is 0.175 e. The number of oxime groups is 2. The first-order valence-electron chi connectivity index (χ1n) is 15.2. The number of benzene rings is 5. The monoisotopic (exact) mass is 624 g/mol. The molecule has 3 unspecified atom stereocenters. The van der Waals surface area contributed by atoms with Crippen LogP contribution in [-0.4, -0.2) is 27.6 Å². The fourth-order valence-corrected chi connectivity index (χ4v) is 6.85. The normalized spacial score (nSPS) is 21.0. The minimum atomic E-state index is -0.0640. The van der Waals surface area contributed by atoms with Gasteiger partial charge in [-0.15, -0.1) is 0 Å². The molecule has 0 amide bonds. The highest BCUT2D eigenvalue weighted by molar-refractivity contribution is 6.47. The zero-order valence-electron chi connectivity index (χ0n) is 25.0. The van der Waals surface area contributed by atoms with Crippen LogP contribution in [0, 0.1) is 11.8 Å². The summed E-state index contributed by atoms with van der Waals surface area (Å²) in [6.45, 7) is 0. The lowest BCUT2D eigenvalue weighted by molar-refractivity contribution is -0.114. The number of allylic oxidation sites excluding steroid dienone is 2. The van der Waals surface area contributed by atoms with Gasteiger partial charge in [-0.05, 0) is 33.4 Å². The Hall–Kier alpha value is -5.26. The molecule has 3 atom stereocenters. The van der Waals surface area contributed by atoms with Crippen molar-refractivity contribution in [3.8, 4) is 0 Å². The number of carbonyl (C=O) groups is 1. The van der Waals surface area contributed by atoms with Crippen molar-refractivity contribution in [3.63, 3.8) is 0 Å². The molecule has 0 aliphatic heterocycles. The van der Waals surface area contributed by atoms with Crippen LogP contribution in [0.15, 0.2) is 167 Å². The highest BCUT2D eigenvalue weighted by Gasteiger charge is 2.57. The van der Waals surface area contributed by atoms with Gasteiger partial charge in [-0.3, -0.25) is 4.79 Å². The molecular formula is C40H33ClN2O3. The Morgan fingerprint density at radius 2 is 0.957 bits per heavy atom. The molecule has 0 aromatic heterocycles. The predicted octanol–water partition coefficient (Wildman–Crippen LogP) is 9.17. The summed E-state index contributed by atoms with van der Waals surface area (Å²) in [5, 5.41) is 27.2. The van der Waals surface area contributed by atoms with E-state index in [1.807, 2.05) is 127 Å². The van der Waals surface area contributed by atoms with E-state index in [0.717, 1.165) is 33.4 Å². The highest BCUT2D eigenvalue weighted by Crippen LogP contribution is 2.57. The number of hydrogen-bond donors (Lipinski definition) is 2. The maximum atomic E-state index is 12.0. The molecule has 46 heavy (non-hydrogen) atoms. The molecule has 7 rings (SSSR count). The van der Waals surface area contributed by atoms with Gasteiger partial charge in [-0.25, -0.2) is 0 Å². The SMILES string of the molecule is O/N=C(\c1ccccc1)C1C(/C(=N/O)c2ccccc2)C1c1ccccc1.O=C1CC(c2ccccc2)C(c2ccccc2)=C1Cl. The van der Waals surface area contributed by atoms with Crippen LogP contribution >= 0.6 is 11.6 Å². The minimum absolute atomic E-state index is 0.0365. The Labute approximate surface area is 273 Å². The first kappa shape index (κ1) is 30.8. The number of ketones is 1. The van der Waals surface area contributed by atoms with Gasteiger partial charge in [0.25, 0.3) is 0 Å². The average molecular weight is 625 g/mol. The lowest BCUT2D eigenvalue weighted by Gasteiger charge is -2.15. The Morgan fingerprint density at radius 1 is 0.565 bits per heavy atom. The van der Waals surface area contributed by atoms with Crippen LogP contribution < -0.4 is 0 Å². The lowest BCUT2D eigenvalue weighted by atomic mass is 9.89. The molecule has 0 saturated heterocycles. The molecule has 1 saturated carbocycles. The number of nitrogens with zero attached hydrogens (tertiary/aromatic N) is 2. The molecule has 5 aromatic rings. The zero-order valence-corrected chi connectivity index (χ0v) is 25.8. The summed E-state index contributed by atoms with van der Waals surface area (Å²) in [6, 6.07) is 49.4. The van der Waals surface area contributed by atoms with Crippen molar-refractivity contribution < 1.29 is 15.2 Å². The van der Waals surface area contributed by atoms with Gasteiger partial charge in [0, 0.05) is 30.1 Å². The van der Waals surface area contributed by atoms with Gasteiger partial charge >= 0.3 is 0 Å². The molecule has 1 fully saturated rings. The third-order valence-corrected chi connectivity index (χ3v) is 9.11. The zero-order chi connectivity index (χ0) is 31.9. The maximum absolute atomic E-state index is 12.0. The van der Waals surface area contributed by atoms with Crippen molar-refractivity contribution in [2.24, 2.45) is 22.1 Å². The number of rotatable bonds is 7. The Morgan fingerprint density at radius 3 is 1.39 bits per heavy atom. The molecule has 228 valence electrons. The molecule has 2 aliphatic rings. The van der Waals surface area contributed by atoms with Crippen molar-refractivity contribution in [2.45, 2.75) is 18.3 Å². The number of hydrogen-bond acceptors (Lipinski definition) is 5. The minimum Gasteiger partial charge on any atom is -0.411 e. The second kappa shape index (κ2) is 14.2. The van der Waals surface area contributed by atoms with Crippen LogP contribution in [-0.2, 0) is 4.79 Å². The van der Waals surface area contributed by atoms with Crippen molar-refractivity contribution >= 4 is 34.4 Å². The largest absolute Gasteiger partial charge is 0.411 e. The van der Waals surface area contributed by atoms with E-state index in [1.165, 1.54) is 0 Å². The summed E-state index contributed by atoms with van der Waals surface area (Å²) in [7, 11) is 0. The van der Waals surface area contributed by atoms with Gasteiger partial charge < -0.3 is 10.4 Å². The van der Waals surface area contributed by atoms with Crippen LogP contribution in [0.4, 0.5) is 0 Å². The van der Waals surface area contributed by atoms with Crippen LogP contribution in [0.5, 0.6) is 0 Å². The summed E-state index contributed by atoms with van der Waals surface area (Å²) < 4.78 is 0. The summed E-state index contributed by atoms with van der Waals surface area (Å²) in [5.41, 5.74) is 7.26. The lowest BCUT2D eigenvalue weighted by Crippen LogP contribution is -2.11. The van der Waals surface area contributed by atoms with Gasteiger partial charge in [0.1, 0.15) is 0 Å². The van der Waals surface area contributed by atoms with E-state index in [9.17, 15) is 15.2 Å². The van der Waals surface area contributed by atoms with E-state index >= 15 is 0 Å². The topological polar surface area (TPSA) is 82.2 Å². The van der Waals surface area contributed by atoms with E-state index in [0.29, 0.717) is 22.9 Å². The fourth-order valence-electron chi connectivity index (χ4n) is 6.53. The van der Waals surface area contributed by atoms with Crippen molar-refractivity contribution in [3.05, 3.63) is 185 Å². The Kier molecular flexibility index (Phi) is 9.51. The van der Waals surface area contributed by atoms with E-state index in [-0.39, 0.29) is 29.5 Å². The van der Waals surface area contributed by atoms with Gasteiger partial charge in [-0.1, -0.05) is 174 Å². The molecular weight excluding hydrogens is 592 g/mol. The van der Waals surface area contributed by atoms with Gasteiger partial charge in [0.05, 0.1) is 16.5 Å². The number of halogens is 1. The highest BCUT2D eigenvalue weighted by atomic mass is 35.5. The molecule has 2 N–H and O–H groups in total. The van der Waals surface area contributed by atoms with Crippen LogP contribution in [0.2, 0.25) is 0 Å². The molecule has 0 heterocycles. The molecule has 5 aromatic carbocycles. The van der Waals surface area contributed by atoms with Crippen LogP contribution in [0.1, 0.15) is 46.1 Å². The van der Waals surface area contributed by atoms with Crippen LogP contribution in [0.25, 0.3) is 5.57 Å². The summed E-state index contributed by atoms with van der Waals surface area (Å²) in [4.78, 5) is 12.0. The van der Waals surface area contributed by atoms with E-state index < -0.39 is 0 Å². The van der Waals surface area contributed by atoms with Gasteiger partial charge in [0.15, 0.2) is 5.78 Å². The molecule has 5 nitrogen and oxygen atoms in total. The van der Waals surface area contributed by atoms with Crippen molar-refractivity contribution in [1.82, 2.24) is 0 Å². The van der Waals surface area contributed by atoms with Crippen molar-refractivity contribution in [2.75, 3.05) is 0 Å². The summed E-state index contributed by atoms with van der Waals surface area (Å²) in [6.07, 6.45) is 0.465. The number of carbonyl (C=O) groups excluding carboxylic acids is 1. The molecule has 0 spiro atoms. The summed E-state index contributed by atoms with van der Waals surface area (Å²) in [5.74, 6) is 0.0678. The second-order valence-corrected chi connectivity index (χ2v) is 11.8.